The number of hydrogen-bond donors (Lipinski definition) is 2. The summed E-state index contributed by atoms with van der Waals surface area (Å²) in [4.78, 5) is 14.9. The van der Waals surface area contributed by atoms with E-state index in [1.54, 1.807) is 0 Å². The van der Waals surface area contributed by atoms with E-state index in [0.717, 1.165) is 25.3 Å². The van der Waals surface area contributed by atoms with Gasteiger partial charge in [-0.2, -0.15) is 0 Å². The zero-order valence-corrected chi connectivity index (χ0v) is 13.1. The summed E-state index contributed by atoms with van der Waals surface area (Å²) >= 11 is 0. The van der Waals surface area contributed by atoms with Crippen LogP contribution >= 0.6 is 0 Å². The van der Waals surface area contributed by atoms with E-state index < -0.39 is 0 Å². The fourth-order valence-corrected chi connectivity index (χ4v) is 4.02. The van der Waals surface area contributed by atoms with E-state index in [1.165, 1.54) is 0 Å². The molecule has 114 valence electrons. The van der Waals surface area contributed by atoms with Crippen molar-refractivity contribution in [3.05, 3.63) is 30.3 Å². The molecule has 2 aliphatic rings. The Morgan fingerprint density at radius 2 is 2.05 bits per heavy atom. The summed E-state index contributed by atoms with van der Waals surface area (Å²) in [6.07, 6.45) is 0. The number of nitrogens with zero attached hydrogens (tertiary/aromatic N) is 1. The SMILES string of the molecule is CC(C(=O)Nc1ccccc1)N1CC2CNCC2C1(C)C. The standard InChI is InChI=1S/C17H25N3O/c1-12(16(21)19-14-7-5-4-6-8-14)20-11-13-9-18-10-15(13)17(20,2)3/h4-8,12-13,15,18H,9-11H2,1-3H3,(H,19,21). The number of carbonyl (C=O) groups excluding carboxylic acids is 1. The molecule has 0 radical (unpaired) electrons. The molecular weight excluding hydrogens is 262 g/mol. The van der Waals surface area contributed by atoms with Gasteiger partial charge in [0.1, 0.15) is 0 Å². The van der Waals surface area contributed by atoms with E-state index in [-0.39, 0.29) is 17.5 Å². The van der Waals surface area contributed by atoms with Crippen molar-refractivity contribution < 1.29 is 4.79 Å². The van der Waals surface area contributed by atoms with Crippen LogP contribution in [0.15, 0.2) is 30.3 Å². The van der Waals surface area contributed by atoms with Crippen molar-refractivity contribution in [1.29, 1.82) is 0 Å². The Hall–Kier alpha value is -1.39. The largest absolute Gasteiger partial charge is 0.325 e. The first-order valence-corrected chi connectivity index (χ1v) is 7.83. The molecule has 2 aliphatic heterocycles. The Morgan fingerprint density at radius 1 is 1.33 bits per heavy atom. The van der Waals surface area contributed by atoms with E-state index in [2.05, 4.69) is 29.4 Å². The lowest BCUT2D eigenvalue weighted by molar-refractivity contribution is -0.122. The molecule has 0 bridgehead atoms. The van der Waals surface area contributed by atoms with Gasteiger partial charge in [0.15, 0.2) is 0 Å². The number of para-hydroxylation sites is 1. The van der Waals surface area contributed by atoms with Crippen LogP contribution in [0.25, 0.3) is 0 Å². The Morgan fingerprint density at radius 3 is 2.71 bits per heavy atom. The lowest BCUT2D eigenvalue weighted by atomic mass is 9.84. The maximum Gasteiger partial charge on any atom is 0.241 e. The second-order valence-electron chi connectivity index (χ2n) is 6.86. The molecule has 4 heteroatoms. The number of nitrogens with one attached hydrogen (secondary N) is 2. The zero-order valence-electron chi connectivity index (χ0n) is 13.1. The van der Waals surface area contributed by atoms with Crippen LogP contribution in [0.5, 0.6) is 0 Å². The van der Waals surface area contributed by atoms with Crippen molar-refractivity contribution in [3.63, 3.8) is 0 Å². The third kappa shape index (κ3) is 2.58. The number of benzene rings is 1. The summed E-state index contributed by atoms with van der Waals surface area (Å²) in [5, 5.41) is 6.51. The van der Waals surface area contributed by atoms with E-state index in [0.29, 0.717) is 11.8 Å². The number of likely N-dealkylation sites (tertiary alicyclic amines) is 1. The topological polar surface area (TPSA) is 44.4 Å². The van der Waals surface area contributed by atoms with E-state index in [4.69, 9.17) is 0 Å². The molecule has 0 aromatic heterocycles. The van der Waals surface area contributed by atoms with Crippen molar-refractivity contribution >= 4 is 11.6 Å². The predicted octanol–water partition coefficient (Wildman–Crippen LogP) is 1.94. The van der Waals surface area contributed by atoms with Crippen LogP contribution < -0.4 is 10.6 Å². The zero-order chi connectivity index (χ0) is 15.0. The highest BCUT2D eigenvalue weighted by Crippen LogP contribution is 2.41. The molecule has 3 atom stereocenters. The number of anilines is 1. The highest BCUT2D eigenvalue weighted by molar-refractivity contribution is 5.94. The molecular formula is C17H25N3O. The van der Waals surface area contributed by atoms with Crippen LogP contribution in [0, 0.1) is 11.8 Å². The lowest BCUT2D eigenvalue weighted by Gasteiger charge is -2.39. The Bertz CT molecular complexity index is 514. The fraction of sp³-hybridized carbons (Fsp3) is 0.588. The van der Waals surface area contributed by atoms with Crippen LogP contribution in [0.3, 0.4) is 0 Å². The molecule has 2 heterocycles. The predicted molar refractivity (Wildman–Crippen MR) is 85.2 cm³/mol. The number of amides is 1. The van der Waals surface area contributed by atoms with Gasteiger partial charge in [-0.3, -0.25) is 9.69 Å². The van der Waals surface area contributed by atoms with E-state index >= 15 is 0 Å². The van der Waals surface area contributed by atoms with Crippen molar-refractivity contribution in [2.45, 2.75) is 32.4 Å². The van der Waals surface area contributed by atoms with E-state index in [1.807, 2.05) is 37.3 Å². The summed E-state index contributed by atoms with van der Waals surface area (Å²) in [5.74, 6) is 1.40. The smallest absolute Gasteiger partial charge is 0.241 e. The molecule has 4 nitrogen and oxygen atoms in total. The minimum absolute atomic E-state index is 0.0710. The van der Waals surface area contributed by atoms with Crippen molar-refractivity contribution in [2.24, 2.45) is 11.8 Å². The normalized spacial score (nSPS) is 29.1. The maximum atomic E-state index is 12.5. The van der Waals surface area contributed by atoms with Crippen molar-refractivity contribution in [3.8, 4) is 0 Å². The molecule has 0 saturated carbocycles. The van der Waals surface area contributed by atoms with Crippen LogP contribution in [-0.2, 0) is 4.79 Å². The van der Waals surface area contributed by atoms with Gasteiger partial charge in [-0.1, -0.05) is 18.2 Å². The highest BCUT2D eigenvalue weighted by atomic mass is 16.2. The molecule has 0 spiro atoms. The summed E-state index contributed by atoms with van der Waals surface area (Å²) in [5.41, 5.74) is 0.940. The first-order valence-electron chi connectivity index (χ1n) is 7.83. The third-order valence-corrected chi connectivity index (χ3v) is 5.31. The van der Waals surface area contributed by atoms with E-state index in [9.17, 15) is 4.79 Å². The van der Waals surface area contributed by atoms with Gasteiger partial charge < -0.3 is 10.6 Å². The molecule has 2 saturated heterocycles. The summed E-state index contributed by atoms with van der Waals surface area (Å²) in [7, 11) is 0. The van der Waals surface area contributed by atoms with Crippen LogP contribution in [0.1, 0.15) is 20.8 Å². The average Bonchev–Trinajstić information content (AvgIpc) is 3.02. The second-order valence-corrected chi connectivity index (χ2v) is 6.86. The van der Waals surface area contributed by atoms with Crippen LogP contribution in [0.2, 0.25) is 0 Å². The third-order valence-electron chi connectivity index (χ3n) is 5.31. The molecule has 2 fully saturated rings. The Labute approximate surface area is 126 Å². The number of hydrogen-bond acceptors (Lipinski definition) is 3. The molecule has 3 unspecified atom stereocenters. The van der Waals surface area contributed by atoms with Crippen molar-refractivity contribution in [2.75, 3.05) is 25.0 Å². The minimum atomic E-state index is -0.106. The summed E-state index contributed by atoms with van der Waals surface area (Å²) in [6, 6.07) is 9.59. The van der Waals surface area contributed by atoms with Crippen LogP contribution in [0.4, 0.5) is 5.69 Å². The minimum Gasteiger partial charge on any atom is -0.325 e. The molecule has 1 aromatic rings. The number of rotatable bonds is 3. The Kier molecular flexibility index (Phi) is 3.76. The molecule has 2 N–H and O–H groups in total. The first-order chi connectivity index (χ1) is 10.00. The second kappa shape index (κ2) is 5.43. The average molecular weight is 287 g/mol. The lowest BCUT2D eigenvalue weighted by Crippen LogP contribution is -2.52. The fourth-order valence-electron chi connectivity index (χ4n) is 4.02. The van der Waals surface area contributed by atoms with Gasteiger partial charge in [-0.15, -0.1) is 0 Å². The van der Waals surface area contributed by atoms with Crippen LogP contribution in [-0.4, -0.2) is 42.0 Å². The maximum absolute atomic E-state index is 12.5. The van der Waals surface area contributed by atoms with Gasteiger partial charge in [0.2, 0.25) is 5.91 Å². The van der Waals surface area contributed by atoms with Gasteiger partial charge >= 0.3 is 0 Å². The van der Waals surface area contributed by atoms with Gasteiger partial charge in [0.25, 0.3) is 0 Å². The quantitative estimate of drug-likeness (QED) is 0.893. The van der Waals surface area contributed by atoms with Crippen molar-refractivity contribution in [1.82, 2.24) is 10.2 Å². The number of carbonyl (C=O) groups is 1. The first kappa shape index (κ1) is 14.5. The highest BCUT2D eigenvalue weighted by Gasteiger charge is 2.51. The summed E-state index contributed by atoms with van der Waals surface area (Å²) < 4.78 is 0. The molecule has 21 heavy (non-hydrogen) atoms. The summed E-state index contributed by atoms with van der Waals surface area (Å²) in [6.45, 7) is 9.73. The Balaban J connectivity index is 1.70. The molecule has 3 rings (SSSR count). The van der Waals surface area contributed by atoms with Gasteiger partial charge in [-0.05, 0) is 51.3 Å². The molecule has 1 amide bonds. The molecule has 0 aliphatic carbocycles. The monoisotopic (exact) mass is 287 g/mol. The van der Waals surface area contributed by atoms with Gasteiger partial charge in [0, 0.05) is 24.3 Å². The number of fused-ring (bicyclic) bond motifs is 1. The van der Waals surface area contributed by atoms with Gasteiger partial charge in [0.05, 0.1) is 6.04 Å². The molecule has 1 aromatic carbocycles. The van der Waals surface area contributed by atoms with Gasteiger partial charge in [-0.25, -0.2) is 0 Å².